The van der Waals surface area contributed by atoms with Gasteiger partial charge >= 0.3 is 0 Å². The second kappa shape index (κ2) is 5.52. The Bertz CT molecular complexity index is 385. The molecule has 1 amide bonds. The van der Waals surface area contributed by atoms with Gasteiger partial charge in [0, 0.05) is 5.02 Å². The second-order valence-electron chi connectivity index (χ2n) is 4.43. The Balaban J connectivity index is 1.93. The van der Waals surface area contributed by atoms with E-state index in [2.05, 4.69) is 10.6 Å². The molecular formula is C13H17ClN2O. The molecule has 0 spiro atoms. The van der Waals surface area contributed by atoms with Gasteiger partial charge in [0.05, 0.1) is 12.1 Å². The van der Waals surface area contributed by atoms with E-state index in [-0.39, 0.29) is 18.0 Å². The Labute approximate surface area is 107 Å². The molecule has 0 unspecified atom stereocenters. The topological polar surface area (TPSA) is 41.1 Å². The van der Waals surface area contributed by atoms with E-state index in [1.165, 1.54) is 0 Å². The molecule has 0 aromatic heterocycles. The van der Waals surface area contributed by atoms with Crippen molar-refractivity contribution in [3.63, 3.8) is 0 Å². The maximum absolute atomic E-state index is 11.9. The maximum atomic E-state index is 11.9. The largest absolute Gasteiger partial charge is 0.348 e. The number of hydrogen-bond acceptors (Lipinski definition) is 2. The summed E-state index contributed by atoms with van der Waals surface area (Å²) in [7, 11) is 0. The second-order valence-corrected chi connectivity index (χ2v) is 4.87. The fourth-order valence-corrected chi connectivity index (χ4v) is 2.18. The molecule has 2 N–H and O–H groups in total. The standard InChI is InChI=1S/C13H17ClN2O/c1-9(10-4-6-11(14)7-5-10)16-13(17)12-3-2-8-15-12/h4-7,9,12,15H,2-3,8H2,1H3,(H,16,17)/t9-,12+/m0/s1. The van der Waals surface area contributed by atoms with Crippen LogP contribution in [0.3, 0.4) is 0 Å². The van der Waals surface area contributed by atoms with Crippen LogP contribution < -0.4 is 10.6 Å². The molecule has 0 radical (unpaired) electrons. The van der Waals surface area contributed by atoms with E-state index in [0.29, 0.717) is 5.02 Å². The van der Waals surface area contributed by atoms with Crippen LogP contribution in [0.15, 0.2) is 24.3 Å². The number of carbonyl (C=O) groups excluding carboxylic acids is 1. The Morgan fingerprint density at radius 1 is 1.47 bits per heavy atom. The summed E-state index contributed by atoms with van der Waals surface area (Å²) in [6.45, 7) is 2.92. The van der Waals surface area contributed by atoms with Crippen molar-refractivity contribution in [3.05, 3.63) is 34.9 Å². The molecule has 1 aliphatic heterocycles. The fraction of sp³-hybridized carbons (Fsp3) is 0.462. The minimum Gasteiger partial charge on any atom is -0.348 e. The summed E-state index contributed by atoms with van der Waals surface area (Å²) in [4.78, 5) is 11.9. The van der Waals surface area contributed by atoms with E-state index in [9.17, 15) is 4.79 Å². The van der Waals surface area contributed by atoms with Gasteiger partial charge in [-0.25, -0.2) is 0 Å². The molecule has 0 aliphatic carbocycles. The molecule has 1 aromatic rings. The minimum atomic E-state index is -0.0234. The SMILES string of the molecule is C[C@H](NC(=O)[C@H]1CCCN1)c1ccc(Cl)cc1. The summed E-state index contributed by atoms with van der Waals surface area (Å²) in [6, 6.07) is 7.55. The van der Waals surface area contributed by atoms with Crippen LogP contribution in [0.2, 0.25) is 5.02 Å². The highest BCUT2D eigenvalue weighted by Crippen LogP contribution is 2.16. The number of rotatable bonds is 3. The van der Waals surface area contributed by atoms with Crippen molar-refractivity contribution in [2.45, 2.75) is 31.8 Å². The van der Waals surface area contributed by atoms with Crippen LogP contribution in [-0.4, -0.2) is 18.5 Å². The lowest BCUT2D eigenvalue weighted by Crippen LogP contribution is -2.41. The molecule has 1 saturated heterocycles. The van der Waals surface area contributed by atoms with E-state index >= 15 is 0 Å². The highest BCUT2D eigenvalue weighted by molar-refractivity contribution is 6.30. The van der Waals surface area contributed by atoms with Crippen molar-refractivity contribution < 1.29 is 4.79 Å². The predicted molar refractivity (Wildman–Crippen MR) is 69.0 cm³/mol. The van der Waals surface area contributed by atoms with E-state index in [0.717, 1.165) is 24.9 Å². The summed E-state index contributed by atoms with van der Waals surface area (Å²) < 4.78 is 0. The van der Waals surface area contributed by atoms with Crippen molar-refractivity contribution in [3.8, 4) is 0 Å². The third kappa shape index (κ3) is 3.20. The van der Waals surface area contributed by atoms with Crippen molar-refractivity contribution >= 4 is 17.5 Å². The third-order valence-electron chi connectivity index (χ3n) is 3.11. The maximum Gasteiger partial charge on any atom is 0.237 e. The zero-order valence-corrected chi connectivity index (χ0v) is 10.6. The van der Waals surface area contributed by atoms with Gasteiger partial charge in [0.25, 0.3) is 0 Å². The number of carbonyl (C=O) groups is 1. The summed E-state index contributed by atoms with van der Waals surface area (Å²) in [5.41, 5.74) is 1.07. The number of hydrogen-bond donors (Lipinski definition) is 2. The molecule has 92 valence electrons. The van der Waals surface area contributed by atoms with Gasteiger partial charge in [-0.1, -0.05) is 23.7 Å². The van der Waals surface area contributed by atoms with Gasteiger partial charge in [-0.3, -0.25) is 4.79 Å². The zero-order chi connectivity index (χ0) is 12.3. The molecule has 1 fully saturated rings. The van der Waals surface area contributed by atoms with Crippen LogP contribution in [0, 0.1) is 0 Å². The normalized spacial score (nSPS) is 21.2. The number of nitrogens with one attached hydrogen (secondary N) is 2. The van der Waals surface area contributed by atoms with E-state index < -0.39 is 0 Å². The fourth-order valence-electron chi connectivity index (χ4n) is 2.06. The predicted octanol–water partition coefficient (Wildman–Crippen LogP) is 2.27. The van der Waals surface area contributed by atoms with Gasteiger partial charge in [0.2, 0.25) is 5.91 Å². The Hall–Kier alpha value is -1.06. The van der Waals surface area contributed by atoms with Crippen LogP contribution in [0.25, 0.3) is 0 Å². The molecule has 0 saturated carbocycles. The van der Waals surface area contributed by atoms with Crippen LogP contribution >= 0.6 is 11.6 Å². The molecule has 2 rings (SSSR count). The van der Waals surface area contributed by atoms with Gasteiger partial charge in [0.15, 0.2) is 0 Å². The van der Waals surface area contributed by atoms with Gasteiger partial charge in [-0.15, -0.1) is 0 Å². The summed E-state index contributed by atoms with van der Waals surface area (Å²) in [5, 5.41) is 6.91. The van der Waals surface area contributed by atoms with Gasteiger partial charge in [-0.05, 0) is 44.0 Å². The number of halogens is 1. The monoisotopic (exact) mass is 252 g/mol. The third-order valence-corrected chi connectivity index (χ3v) is 3.36. The minimum absolute atomic E-state index is 0.0159. The molecule has 2 atom stereocenters. The Kier molecular flexibility index (Phi) is 4.02. The molecule has 1 aromatic carbocycles. The van der Waals surface area contributed by atoms with Gasteiger partial charge < -0.3 is 10.6 Å². The Morgan fingerprint density at radius 2 is 2.18 bits per heavy atom. The van der Waals surface area contributed by atoms with E-state index in [4.69, 9.17) is 11.6 Å². The van der Waals surface area contributed by atoms with Crippen LogP contribution in [0.4, 0.5) is 0 Å². The first-order chi connectivity index (χ1) is 8.16. The zero-order valence-electron chi connectivity index (χ0n) is 9.87. The van der Waals surface area contributed by atoms with Crippen molar-refractivity contribution in [2.24, 2.45) is 0 Å². The smallest absolute Gasteiger partial charge is 0.237 e. The summed E-state index contributed by atoms with van der Waals surface area (Å²) in [6.07, 6.45) is 2.01. The number of amides is 1. The lowest BCUT2D eigenvalue weighted by Gasteiger charge is -2.17. The molecule has 1 heterocycles. The molecule has 3 nitrogen and oxygen atoms in total. The first-order valence-electron chi connectivity index (χ1n) is 5.96. The Morgan fingerprint density at radius 3 is 2.76 bits per heavy atom. The van der Waals surface area contributed by atoms with E-state index in [1.54, 1.807) is 0 Å². The quantitative estimate of drug-likeness (QED) is 0.867. The van der Waals surface area contributed by atoms with E-state index in [1.807, 2.05) is 31.2 Å². The highest BCUT2D eigenvalue weighted by atomic mass is 35.5. The molecule has 17 heavy (non-hydrogen) atoms. The lowest BCUT2D eigenvalue weighted by atomic mass is 10.1. The summed E-state index contributed by atoms with van der Waals surface area (Å²) >= 11 is 5.83. The first-order valence-corrected chi connectivity index (χ1v) is 6.34. The summed E-state index contributed by atoms with van der Waals surface area (Å²) in [5.74, 6) is 0.0879. The van der Waals surface area contributed by atoms with Crippen molar-refractivity contribution in [1.29, 1.82) is 0 Å². The molecular weight excluding hydrogens is 236 g/mol. The average molecular weight is 253 g/mol. The van der Waals surface area contributed by atoms with Gasteiger partial charge in [-0.2, -0.15) is 0 Å². The van der Waals surface area contributed by atoms with Crippen molar-refractivity contribution in [1.82, 2.24) is 10.6 Å². The molecule has 1 aliphatic rings. The average Bonchev–Trinajstić information content (AvgIpc) is 2.83. The molecule has 4 heteroatoms. The van der Waals surface area contributed by atoms with Crippen molar-refractivity contribution in [2.75, 3.05) is 6.54 Å². The first kappa shape index (κ1) is 12.4. The highest BCUT2D eigenvalue weighted by Gasteiger charge is 2.23. The van der Waals surface area contributed by atoms with Crippen LogP contribution in [-0.2, 0) is 4.79 Å². The van der Waals surface area contributed by atoms with Gasteiger partial charge in [0.1, 0.15) is 0 Å². The number of benzene rings is 1. The lowest BCUT2D eigenvalue weighted by molar-refractivity contribution is -0.123. The molecule has 0 bridgehead atoms. The van der Waals surface area contributed by atoms with Crippen LogP contribution in [0.1, 0.15) is 31.4 Å². The van der Waals surface area contributed by atoms with Crippen LogP contribution in [0.5, 0.6) is 0 Å².